The molecule has 0 atom stereocenters. The molecule has 0 amide bonds. The number of benzene rings is 2. The molecule has 0 radical (unpaired) electrons. The van der Waals surface area contributed by atoms with Crippen LogP contribution < -0.4 is 0 Å². The fourth-order valence-electron chi connectivity index (χ4n) is 2.66. The van der Waals surface area contributed by atoms with Crippen LogP contribution in [0.5, 0.6) is 0 Å². The van der Waals surface area contributed by atoms with Crippen molar-refractivity contribution in [1.29, 1.82) is 0 Å². The zero-order chi connectivity index (χ0) is 20.2. The van der Waals surface area contributed by atoms with E-state index in [1.807, 2.05) is 88.4 Å². The Kier molecular flexibility index (Phi) is 10.4. The van der Waals surface area contributed by atoms with Crippen LogP contribution >= 0.6 is 0 Å². The molecule has 0 aliphatic rings. The van der Waals surface area contributed by atoms with Crippen molar-refractivity contribution in [1.82, 2.24) is 0 Å². The fourth-order valence-corrected chi connectivity index (χ4v) is 2.66. The summed E-state index contributed by atoms with van der Waals surface area (Å²) in [7, 11) is 0. The largest absolute Gasteiger partial charge is 0.225 e. The van der Waals surface area contributed by atoms with Gasteiger partial charge in [0.2, 0.25) is 0 Å². The lowest BCUT2D eigenvalue weighted by Gasteiger charge is -2.31. The number of hydrogen-bond acceptors (Lipinski definition) is 2. The van der Waals surface area contributed by atoms with Crippen molar-refractivity contribution in [3.05, 3.63) is 71.8 Å². The van der Waals surface area contributed by atoms with Gasteiger partial charge in [-0.25, -0.2) is 9.78 Å². The molecule has 0 bridgehead atoms. The van der Waals surface area contributed by atoms with Crippen LogP contribution in [0.15, 0.2) is 60.7 Å². The summed E-state index contributed by atoms with van der Waals surface area (Å²) in [5, 5.41) is 0. The highest BCUT2D eigenvalue weighted by molar-refractivity contribution is 5.22. The minimum absolute atomic E-state index is 0.493. The molecule has 2 aromatic rings. The van der Waals surface area contributed by atoms with Gasteiger partial charge in [0.05, 0.1) is 0 Å². The molecule has 2 heteroatoms. The Morgan fingerprint density at radius 1 is 0.556 bits per heavy atom. The fraction of sp³-hybridized carbons (Fsp3) is 0.520. The lowest BCUT2D eigenvalue weighted by Crippen LogP contribution is -2.29. The molecule has 2 nitrogen and oxygen atoms in total. The first-order chi connectivity index (χ1) is 12.8. The Labute approximate surface area is 166 Å². The summed E-state index contributed by atoms with van der Waals surface area (Å²) in [6.45, 7) is 12.5. The van der Waals surface area contributed by atoms with Crippen LogP contribution in [0, 0.1) is 0 Å². The van der Waals surface area contributed by atoms with Crippen LogP contribution in [0.1, 0.15) is 84.8 Å². The molecule has 0 aromatic heterocycles. The Bertz CT molecular complexity index is 547. The molecule has 0 saturated heterocycles. The minimum atomic E-state index is -0.493. The molecule has 27 heavy (non-hydrogen) atoms. The highest BCUT2D eigenvalue weighted by atomic mass is 17.2. The van der Waals surface area contributed by atoms with Crippen molar-refractivity contribution in [2.75, 3.05) is 0 Å². The van der Waals surface area contributed by atoms with Crippen molar-refractivity contribution in [2.24, 2.45) is 0 Å². The summed E-state index contributed by atoms with van der Waals surface area (Å²) < 4.78 is 0. The van der Waals surface area contributed by atoms with Gasteiger partial charge in [0, 0.05) is 0 Å². The first-order valence-electron chi connectivity index (χ1n) is 10.3. The van der Waals surface area contributed by atoms with Gasteiger partial charge in [-0.3, -0.25) is 0 Å². The highest BCUT2D eigenvalue weighted by Crippen LogP contribution is 2.31. The maximum absolute atomic E-state index is 5.73. The van der Waals surface area contributed by atoms with Gasteiger partial charge >= 0.3 is 0 Å². The van der Waals surface area contributed by atoms with Crippen LogP contribution in [0.4, 0.5) is 0 Å². The van der Waals surface area contributed by atoms with E-state index in [0.717, 1.165) is 11.1 Å². The van der Waals surface area contributed by atoms with Gasteiger partial charge in [0.25, 0.3) is 0 Å². The standard InChI is InChI=1S/C18H22O2.C7H16/c1-17(2,15-11-7-5-8-12-15)19-20-18(3,4)16-13-9-6-10-14-16;1-3-5-7-6-4-2/h5-14H,1-4H3;3-7H2,1-2H3. The lowest BCUT2D eigenvalue weighted by atomic mass is 9.98. The highest BCUT2D eigenvalue weighted by Gasteiger charge is 2.29. The maximum atomic E-state index is 5.73. The Hall–Kier alpha value is -1.64. The molecular formula is C25H38O2. The van der Waals surface area contributed by atoms with E-state index in [1.165, 1.54) is 32.1 Å². The third-order valence-corrected chi connectivity index (χ3v) is 4.60. The first kappa shape index (κ1) is 23.4. The molecule has 0 fully saturated rings. The number of hydrogen-bond donors (Lipinski definition) is 0. The van der Waals surface area contributed by atoms with Crippen LogP contribution in [0.2, 0.25) is 0 Å². The zero-order valence-corrected chi connectivity index (χ0v) is 18.1. The monoisotopic (exact) mass is 370 g/mol. The smallest absolute Gasteiger partial charge is 0.123 e. The molecule has 150 valence electrons. The van der Waals surface area contributed by atoms with Crippen molar-refractivity contribution >= 4 is 0 Å². The van der Waals surface area contributed by atoms with Crippen molar-refractivity contribution in [2.45, 2.75) is 84.8 Å². The van der Waals surface area contributed by atoms with Crippen molar-refractivity contribution in [3.8, 4) is 0 Å². The second-order valence-corrected chi connectivity index (χ2v) is 7.98. The molecule has 0 aliphatic heterocycles. The van der Waals surface area contributed by atoms with Crippen molar-refractivity contribution in [3.63, 3.8) is 0 Å². The lowest BCUT2D eigenvalue weighted by molar-refractivity contribution is -0.410. The summed E-state index contributed by atoms with van der Waals surface area (Å²) in [6, 6.07) is 20.2. The van der Waals surface area contributed by atoms with Gasteiger partial charge in [-0.2, -0.15) is 0 Å². The normalized spacial score (nSPS) is 11.6. The molecule has 0 unspecified atom stereocenters. The van der Waals surface area contributed by atoms with E-state index in [-0.39, 0.29) is 0 Å². The van der Waals surface area contributed by atoms with E-state index >= 15 is 0 Å². The minimum Gasteiger partial charge on any atom is -0.225 e. The average Bonchev–Trinajstić information content (AvgIpc) is 2.69. The van der Waals surface area contributed by atoms with Gasteiger partial charge in [-0.15, -0.1) is 0 Å². The van der Waals surface area contributed by atoms with E-state index in [2.05, 4.69) is 13.8 Å². The number of unbranched alkanes of at least 4 members (excludes halogenated alkanes) is 4. The molecule has 0 saturated carbocycles. The van der Waals surface area contributed by atoms with Gasteiger partial charge in [-0.1, -0.05) is 107 Å². The summed E-state index contributed by atoms with van der Waals surface area (Å²) >= 11 is 0. The maximum Gasteiger partial charge on any atom is 0.123 e. The second-order valence-electron chi connectivity index (χ2n) is 7.98. The predicted molar refractivity (Wildman–Crippen MR) is 116 cm³/mol. The molecule has 0 spiro atoms. The predicted octanol–water partition coefficient (Wildman–Crippen LogP) is 7.78. The molecule has 2 aromatic carbocycles. The second kappa shape index (κ2) is 11.9. The van der Waals surface area contributed by atoms with Gasteiger partial charge in [0.1, 0.15) is 11.2 Å². The first-order valence-corrected chi connectivity index (χ1v) is 10.3. The van der Waals surface area contributed by atoms with Gasteiger partial charge in [-0.05, 0) is 38.8 Å². The quantitative estimate of drug-likeness (QED) is 0.255. The third-order valence-electron chi connectivity index (χ3n) is 4.60. The third kappa shape index (κ3) is 8.73. The van der Waals surface area contributed by atoms with Crippen LogP contribution in [0.25, 0.3) is 0 Å². The molecule has 0 aliphatic carbocycles. The summed E-state index contributed by atoms with van der Waals surface area (Å²) in [4.78, 5) is 11.5. The molecular weight excluding hydrogens is 332 g/mol. The summed E-state index contributed by atoms with van der Waals surface area (Å²) in [6.07, 6.45) is 7.01. The summed E-state index contributed by atoms with van der Waals surface area (Å²) in [5.41, 5.74) is 1.19. The molecule has 0 heterocycles. The molecule has 0 N–H and O–H groups in total. The molecule has 2 rings (SSSR count). The van der Waals surface area contributed by atoms with Gasteiger partial charge in [0.15, 0.2) is 0 Å². The zero-order valence-electron chi connectivity index (χ0n) is 18.1. The van der Waals surface area contributed by atoms with E-state index in [1.54, 1.807) is 0 Å². The van der Waals surface area contributed by atoms with E-state index in [0.29, 0.717) is 0 Å². The van der Waals surface area contributed by atoms with Crippen LogP contribution in [0.3, 0.4) is 0 Å². The average molecular weight is 371 g/mol. The number of rotatable bonds is 9. The Morgan fingerprint density at radius 2 is 0.889 bits per heavy atom. The van der Waals surface area contributed by atoms with E-state index in [4.69, 9.17) is 9.78 Å². The van der Waals surface area contributed by atoms with Gasteiger partial charge < -0.3 is 0 Å². The van der Waals surface area contributed by atoms with Crippen molar-refractivity contribution < 1.29 is 9.78 Å². The topological polar surface area (TPSA) is 18.5 Å². The Balaban J connectivity index is 0.000000445. The van der Waals surface area contributed by atoms with E-state index in [9.17, 15) is 0 Å². The SMILES string of the molecule is CC(C)(OOC(C)(C)c1ccccc1)c1ccccc1.CCCCCCC. The summed E-state index contributed by atoms with van der Waals surface area (Å²) in [5.74, 6) is 0. The van der Waals surface area contributed by atoms with E-state index < -0.39 is 11.2 Å². The van der Waals surface area contributed by atoms with Crippen LogP contribution in [-0.2, 0) is 21.0 Å². The van der Waals surface area contributed by atoms with Crippen LogP contribution in [-0.4, -0.2) is 0 Å². The Morgan fingerprint density at radius 3 is 1.19 bits per heavy atom.